The van der Waals surface area contributed by atoms with E-state index >= 15 is 0 Å². The van der Waals surface area contributed by atoms with E-state index < -0.39 is 0 Å². The van der Waals surface area contributed by atoms with Crippen molar-refractivity contribution in [3.05, 3.63) is 164 Å². The molecule has 0 saturated carbocycles. The Morgan fingerprint density at radius 2 is 1.02 bits per heavy atom. The van der Waals surface area contributed by atoms with E-state index in [0.717, 1.165) is 22.8 Å². The van der Waals surface area contributed by atoms with Crippen molar-refractivity contribution in [2.45, 2.75) is 26.2 Å². The number of hydrogen-bond acceptors (Lipinski definition) is 1. The number of nitrogens with zero attached hydrogens (tertiary/aromatic N) is 3. The molecular weight excluding hydrogens is 558 g/mol. The quantitative estimate of drug-likeness (QED) is 0.195. The van der Waals surface area contributed by atoms with Crippen molar-refractivity contribution >= 4 is 21.8 Å². The zero-order valence-electron chi connectivity index (χ0n) is 26.4. The molecular formula is C43H35N3. The molecule has 0 unspecified atom stereocenters. The fourth-order valence-corrected chi connectivity index (χ4v) is 6.66. The van der Waals surface area contributed by atoms with Crippen molar-refractivity contribution in [2.24, 2.45) is 0 Å². The summed E-state index contributed by atoms with van der Waals surface area (Å²) in [5, 5.41) is 2.52. The van der Waals surface area contributed by atoms with Gasteiger partial charge in [-0.2, -0.15) is 0 Å². The van der Waals surface area contributed by atoms with Gasteiger partial charge in [0.15, 0.2) is 0 Å². The monoisotopic (exact) mass is 593 g/mol. The molecule has 0 radical (unpaired) electrons. The summed E-state index contributed by atoms with van der Waals surface area (Å²) in [7, 11) is 0. The Morgan fingerprint density at radius 1 is 0.522 bits per heavy atom. The lowest BCUT2D eigenvalue weighted by molar-refractivity contribution is 0.590. The summed E-state index contributed by atoms with van der Waals surface area (Å²) >= 11 is 0. The summed E-state index contributed by atoms with van der Waals surface area (Å²) in [4.78, 5) is 4.95. The lowest BCUT2D eigenvalue weighted by Gasteiger charge is -2.25. The number of rotatable bonds is 5. The summed E-state index contributed by atoms with van der Waals surface area (Å²) in [5.41, 5.74) is 11.7. The van der Waals surface area contributed by atoms with E-state index in [9.17, 15) is 0 Å². The molecule has 0 N–H and O–H groups in total. The van der Waals surface area contributed by atoms with E-state index in [1.165, 1.54) is 49.6 Å². The summed E-state index contributed by atoms with van der Waals surface area (Å²) in [6.07, 6.45) is 4.01. The number of benzene rings is 6. The maximum absolute atomic E-state index is 4.95. The molecule has 0 aliphatic rings. The van der Waals surface area contributed by atoms with Crippen LogP contribution >= 0.6 is 0 Å². The molecule has 0 amide bonds. The smallest absolute Gasteiger partial charge is 0.144 e. The van der Waals surface area contributed by atoms with Crippen LogP contribution in [-0.4, -0.2) is 14.1 Å². The van der Waals surface area contributed by atoms with Crippen molar-refractivity contribution in [3.8, 4) is 45.0 Å². The molecule has 3 nitrogen and oxygen atoms in total. The number of hydrogen-bond donors (Lipinski definition) is 0. The van der Waals surface area contributed by atoms with Crippen molar-refractivity contribution in [1.82, 2.24) is 14.1 Å². The largest absolute Gasteiger partial charge is 0.309 e. The first-order valence-electron chi connectivity index (χ1n) is 15.9. The Bertz CT molecular complexity index is 2200. The van der Waals surface area contributed by atoms with Gasteiger partial charge in [0.1, 0.15) is 5.82 Å². The number of aromatic nitrogens is 3. The number of para-hydroxylation sites is 2. The predicted molar refractivity (Wildman–Crippen MR) is 193 cm³/mol. The van der Waals surface area contributed by atoms with Crippen LogP contribution in [0.2, 0.25) is 0 Å². The zero-order valence-corrected chi connectivity index (χ0v) is 26.4. The second-order valence-electron chi connectivity index (χ2n) is 12.9. The molecule has 0 aliphatic carbocycles. The van der Waals surface area contributed by atoms with Crippen LogP contribution in [0.4, 0.5) is 0 Å². The van der Waals surface area contributed by atoms with Crippen LogP contribution in [0.3, 0.4) is 0 Å². The number of fused-ring (bicyclic) bond motifs is 3. The standard InChI is InChI=1S/C43H35N3/c1-43(2,3)33-28-37(30-14-6-4-7-15-30)41(38(29-33)31-16-8-5-9-17-31)45-27-26-44-42(45)32-22-24-34(25-23-32)46-39-20-12-10-18-35(39)36-19-11-13-21-40(36)46/h4-29H,1-3H3. The molecule has 8 rings (SSSR count). The van der Waals surface area contributed by atoms with Gasteiger partial charge in [0.05, 0.1) is 16.7 Å². The first kappa shape index (κ1) is 27.8. The van der Waals surface area contributed by atoms with E-state index in [1.54, 1.807) is 0 Å². The van der Waals surface area contributed by atoms with E-state index in [2.05, 4.69) is 182 Å². The molecule has 6 aromatic carbocycles. The van der Waals surface area contributed by atoms with Gasteiger partial charge in [-0.05, 0) is 70.6 Å². The highest BCUT2D eigenvalue weighted by molar-refractivity contribution is 6.09. The molecule has 2 heterocycles. The van der Waals surface area contributed by atoms with Gasteiger partial charge >= 0.3 is 0 Å². The van der Waals surface area contributed by atoms with E-state index in [4.69, 9.17) is 4.98 Å². The fraction of sp³-hybridized carbons (Fsp3) is 0.0930. The third-order valence-electron chi connectivity index (χ3n) is 8.99. The molecule has 0 saturated heterocycles. The molecule has 2 aromatic heterocycles. The van der Waals surface area contributed by atoms with E-state index in [1.807, 2.05) is 6.20 Å². The van der Waals surface area contributed by atoms with Gasteiger partial charge in [-0.15, -0.1) is 0 Å². The van der Waals surface area contributed by atoms with Crippen LogP contribution < -0.4 is 0 Å². The molecule has 8 aromatic rings. The summed E-state index contributed by atoms with van der Waals surface area (Å²) in [6, 6.07) is 52.3. The lowest BCUT2D eigenvalue weighted by atomic mass is 9.82. The molecule has 3 heteroatoms. The van der Waals surface area contributed by atoms with Crippen LogP contribution in [0.25, 0.3) is 66.8 Å². The van der Waals surface area contributed by atoms with Gasteiger partial charge in [0, 0.05) is 45.5 Å². The molecule has 0 spiro atoms. The lowest BCUT2D eigenvalue weighted by Crippen LogP contribution is -2.13. The molecule has 0 fully saturated rings. The van der Waals surface area contributed by atoms with Gasteiger partial charge in [-0.3, -0.25) is 4.57 Å². The molecule has 46 heavy (non-hydrogen) atoms. The highest BCUT2D eigenvalue weighted by Gasteiger charge is 2.23. The van der Waals surface area contributed by atoms with E-state index in [0.29, 0.717) is 0 Å². The third kappa shape index (κ3) is 4.72. The topological polar surface area (TPSA) is 22.8 Å². The van der Waals surface area contributed by atoms with Crippen molar-refractivity contribution in [2.75, 3.05) is 0 Å². The van der Waals surface area contributed by atoms with E-state index in [-0.39, 0.29) is 5.41 Å². The van der Waals surface area contributed by atoms with Crippen molar-refractivity contribution in [1.29, 1.82) is 0 Å². The Hall–Kier alpha value is -5.67. The Balaban J connectivity index is 1.32. The SMILES string of the molecule is CC(C)(C)c1cc(-c2ccccc2)c(-n2ccnc2-c2ccc(-n3c4ccccc4c4ccccc43)cc2)c(-c2ccccc2)c1. The average molecular weight is 594 g/mol. The van der Waals surface area contributed by atoms with Crippen LogP contribution in [0, 0.1) is 0 Å². The minimum Gasteiger partial charge on any atom is -0.309 e. The highest BCUT2D eigenvalue weighted by Crippen LogP contribution is 2.41. The second-order valence-corrected chi connectivity index (χ2v) is 12.9. The van der Waals surface area contributed by atoms with Crippen molar-refractivity contribution in [3.63, 3.8) is 0 Å². The molecule has 222 valence electrons. The summed E-state index contributed by atoms with van der Waals surface area (Å²) in [5.74, 6) is 0.909. The Labute approximate surface area is 270 Å². The summed E-state index contributed by atoms with van der Waals surface area (Å²) < 4.78 is 4.62. The maximum Gasteiger partial charge on any atom is 0.144 e. The summed E-state index contributed by atoms with van der Waals surface area (Å²) in [6.45, 7) is 6.85. The molecule has 0 aliphatic heterocycles. The predicted octanol–water partition coefficient (Wildman–Crippen LogP) is 11.3. The number of imidazole rings is 1. The van der Waals surface area contributed by atoms with Gasteiger partial charge in [0.2, 0.25) is 0 Å². The Kier molecular flexibility index (Phi) is 6.69. The first-order chi connectivity index (χ1) is 22.5. The third-order valence-corrected chi connectivity index (χ3v) is 8.99. The Morgan fingerprint density at radius 3 is 1.54 bits per heavy atom. The normalized spacial score (nSPS) is 11.8. The van der Waals surface area contributed by atoms with Crippen LogP contribution in [0.1, 0.15) is 26.3 Å². The minimum atomic E-state index is -0.0218. The fourth-order valence-electron chi connectivity index (χ4n) is 6.66. The first-order valence-corrected chi connectivity index (χ1v) is 15.9. The van der Waals surface area contributed by atoms with Crippen LogP contribution in [-0.2, 0) is 5.41 Å². The van der Waals surface area contributed by atoms with Gasteiger partial charge in [-0.1, -0.05) is 118 Å². The maximum atomic E-state index is 4.95. The average Bonchev–Trinajstić information content (AvgIpc) is 3.71. The highest BCUT2D eigenvalue weighted by atomic mass is 15.1. The zero-order chi connectivity index (χ0) is 31.3. The minimum absolute atomic E-state index is 0.0218. The molecule has 0 atom stereocenters. The molecule has 0 bridgehead atoms. The van der Waals surface area contributed by atoms with Crippen LogP contribution in [0.15, 0.2) is 158 Å². The van der Waals surface area contributed by atoms with Gasteiger partial charge in [-0.25, -0.2) is 4.98 Å². The van der Waals surface area contributed by atoms with Crippen LogP contribution in [0.5, 0.6) is 0 Å². The van der Waals surface area contributed by atoms with Crippen molar-refractivity contribution < 1.29 is 0 Å². The van der Waals surface area contributed by atoms with Gasteiger partial charge in [0.25, 0.3) is 0 Å². The second kappa shape index (κ2) is 11.0. The van der Waals surface area contributed by atoms with Gasteiger partial charge < -0.3 is 4.57 Å².